The molecular formula is C24H30Cl2N2O3. The molecule has 2 aromatic carbocycles. The summed E-state index contributed by atoms with van der Waals surface area (Å²) in [5, 5.41) is 3.77. The van der Waals surface area contributed by atoms with Crippen LogP contribution >= 0.6 is 23.2 Å². The van der Waals surface area contributed by atoms with Gasteiger partial charge in [-0.1, -0.05) is 68.2 Å². The maximum Gasteiger partial charge on any atom is 0.261 e. The van der Waals surface area contributed by atoms with Gasteiger partial charge in [0.25, 0.3) is 5.91 Å². The number of nitrogens with zero attached hydrogens (tertiary/aromatic N) is 1. The molecule has 2 amide bonds. The summed E-state index contributed by atoms with van der Waals surface area (Å²) in [4.78, 5) is 27.4. The van der Waals surface area contributed by atoms with Crippen molar-refractivity contribution in [3.8, 4) is 5.75 Å². The highest BCUT2D eigenvalue weighted by molar-refractivity contribution is 6.35. The SMILES string of the molecule is CCNC(=O)C(CC)N(Cc1ccc(Cl)cc1Cl)C(=O)COc1ccccc1C(C)C. The first-order valence-electron chi connectivity index (χ1n) is 10.5. The number of hydrogen-bond donors (Lipinski definition) is 1. The average Bonchev–Trinajstić information content (AvgIpc) is 2.73. The quantitative estimate of drug-likeness (QED) is 0.509. The summed E-state index contributed by atoms with van der Waals surface area (Å²) in [6.07, 6.45) is 0.464. The Bertz CT molecular complexity index is 902. The molecule has 0 radical (unpaired) electrons. The van der Waals surface area contributed by atoms with Gasteiger partial charge in [0.1, 0.15) is 11.8 Å². The van der Waals surface area contributed by atoms with E-state index in [9.17, 15) is 9.59 Å². The predicted octanol–water partition coefficient (Wildman–Crippen LogP) is 5.44. The molecule has 0 heterocycles. The lowest BCUT2D eigenvalue weighted by Gasteiger charge is -2.31. The second-order valence-corrected chi connectivity index (χ2v) is 8.40. The fourth-order valence-corrected chi connectivity index (χ4v) is 3.82. The van der Waals surface area contributed by atoms with Gasteiger partial charge in [0.05, 0.1) is 0 Å². The van der Waals surface area contributed by atoms with Crippen molar-refractivity contribution in [3.05, 3.63) is 63.6 Å². The van der Waals surface area contributed by atoms with Gasteiger partial charge in [-0.2, -0.15) is 0 Å². The molecule has 2 aromatic rings. The lowest BCUT2D eigenvalue weighted by Crippen LogP contribution is -2.50. The lowest BCUT2D eigenvalue weighted by molar-refractivity contribution is -0.142. The largest absolute Gasteiger partial charge is 0.483 e. The van der Waals surface area contributed by atoms with Gasteiger partial charge in [-0.25, -0.2) is 0 Å². The van der Waals surface area contributed by atoms with Gasteiger partial charge >= 0.3 is 0 Å². The van der Waals surface area contributed by atoms with Gasteiger partial charge < -0.3 is 15.0 Å². The fourth-order valence-electron chi connectivity index (χ4n) is 3.36. The van der Waals surface area contributed by atoms with Gasteiger partial charge in [-0.3, -0.25) is 9.59 Å². The van der Waals surface area contributed by atoms with E-state index in [0.717, 1.165) is 5.56 Å². The minimum atomic E-state index is -0.636. The van der Waals surface area contributed by atoms with Gasteiger partial charge in [0.2, 0.25) is 5.91 Å². The fraction of sp³-hybridized carbons (Fsp3) is 0.417. The van der Waals surface area contributed by atoms with Crippen molar-refractivity contribution in [2.75, 3.05) is 13.2 Å². The molecule has 0 saturated carbocycles. The summed E-state index contributed by atoms with van der Waals surface area (Å²) in [5.41, 5.74) is 1.74. The summed E-state index contributed by atoms with van der Waals surface area (Å²) >= 11 is 12.3. The van der Waals surface area contributed by atoms with Crippen molar-refractivity contribution in [2.24, 2.45) is 0 Å². The summed E-state index contributed by atoms with van der Waals surface area (Å²) in [7, 11) is 0. The monoisotopic (exact) mass is 464 g/mol. The highest BCUT2D eigenvalue weighted by Crippen LogP contribution is 2.27. The number of ether oxygens (including phenoxy) is 1. The van der Waals surface area contributed by atoms with Crippen LogP contribution < -0.4 is 10.1 Å². The molecule has 0 spiro atoms. The topological polar surface area (TPSA) is 58.6 Å². The second kappa shape index (κ2) is 12.0. The van der Waals surface area contributed by atoms with Crippen molar-refractivity contribution in [3.63, 3.8) is 0 Å². The van der Waals surface area contributed by atoms with Gasteiger partial charge in [-0.05, 0) is 48.6 Å². The molecular weight excluding hydrogens is 435 g/mol. The predicted molar refractivity (Wildman–Crippen MR) is 126 cm³/mol. The van der Waals surface area contributed by atoms with E-state index in [1.165, 1.54) is 4.90 Å². The van der Waals surface area contributed by atoms with Crippen LogP contribution in [0.15, 0.2) is 42.5 Å². The highest BCUT2D eigenvalue weighted by Gasteiger charge is 2.29. The Kier molecular flexibility index (Phi) is 9.66. The molecule has 31 heavy (non-hydrogen) atoms. The molecule has 1 unspecified atom stereocenters. The zero-order chi connectivity index (χ0) is 23.0. The van der Waals surface area contributed by atoms with Crippen LogP contribution in [0.4, 0.5) is 0 Å². The number of hydrogen-bond acceptors (Lipinski definition) is 3. The molecule has 0 fully saturated rings. The molecule has 1 atom stereocenters. The van der Waals surface area contributed by atoms with Crippen LogP contribution in [0, 0.1) is 0 Å². The minimum Gasteiger partial charge on any atom is -0.483 e. The van der Waals surface area contributed by atoms with Gasteiger partial charge in [0.15, 0.2) is 6.61 Å². The summed E-state index contributed by atoms with van der Waals surface area (Å²) in [6.45, 7) is 8.35. The minimum absolute atomic E-state index is 0.176. The van der Waals surface area contributed by atoms with E-state index in [1.807, 2.05) is 38.1 Å². The normalized spacial score (nSPS) is 11.8. The molecule has 0 bridgehead atoms. The molecule has 168 valence electrons. The number of nitrogens with one attached hydrogen (secondary N) is 1. The molecule has 0 aliphatic carbocycles. The van der Waals surface area contributed by atoms with Crippen LogP contribution in [0.5, 0.6) is 5.75 Å². The Labute approximate surface area is 194 Å². The van der Waals surface area contributed by atoms with Crippen LogP contribution in [0.2, 0.25) is 10.0 Å². The molecule has 1 N–H and O–H groups in total. The Balaban J connectivity index is 2.28. The first-order valence-corrected chi connectivity index (χ1v) is 11.3. The Morgan fingerprint density at radius 1 is 1.10 bits per heavy atom. The third-order valence-corrected chi connectivity index (χ3v) is 5.57. The number of benzene rings is 2. The van der Waals surface area contributed by atoms with E-state index in [0.29, 0.717) is 34.3 Å². The third-order valence-electron chi connectivity index (χ3n) is 4.98. The summed E-state index contributed by atoms with van der Waals surface area (Å²) < 4.78 is 5.89. The number of carbonyl (C=O) groups is 2. The standard InChI is InChI=1S/C24H30Cl2N2O3/c1-5-21(24(30)27-6-2)28(14-17-11-12-18(25)13-20(17)26)23(29)15-31-22-10-8-7-9-19(22)16(3)4/h7-13,16,21H,5-6,14-15H2,1-4H3,(H,27,30). The van der Waals surface area contributed by atoms with Gasteiger partial charge in [0, 0.05) is 23.1 Å². The average molecular weight is 465 g/mol. The van der Waals surface area contributed by atoms with Crippen molar-refractivity contribution < 1.29 is 14.3 Å². The molecule has 0 saturated heterocycles. The van der Waals surface area contributed by atoms with E-state index < -0.39 is 6.04 Å². The number of carbonyl (C=O) groups excluding carboxylic acids is 2. The van der Waals surface area contributed by atoms with Crippen molar-refractivity contribution >= 4 is 35.0 Å². The first kappa shape index (κ1) is 25.0. The van der Waals surface area contributed by atoms with Crippen LogP contribution in [0.25, 0.3) is 0 Å². The van der Waals surface area contributed by atoms with Crippen LogP contribution in [-0.2, 0) is 16.1 Å². The van der Waals surface area contributed by atoms with Crippen molar-refractivity contribution in [1.82, 2.24) is 10.2 Å². The number of para-hydroxylation sites is 1. The zero-order valence-electron chi connectivity index (χ0n) is 18.5. The molecule has 0 aliphatic heterocycles. The molecule has 5 nitrogen and oxygen atoms in total. The summed E-state index contributed by atoms with van der Waals surface area (Å²) in [5.74, 6) is 0.434. The summed E-state index contributed by atoms with van der Waals surface area (Å²) in [6, 6.07) is 12.1. The number of likely N-dealkylation sites (N-methyl/N-ethyl adjacent to an activating group) is 1. The Morgan fingerprint density at radius 2 is 1.81 bits per heavy atom. The lowest BCUT2D eigenvalue weighted by atomic mass is 10.0. The van der Waals surface area contributed by atoms with E-state index in [4.69, 9.17) is 27.9 Å². The van der Waals surface area contributed by atoms with Crippen LogP contribution in [0.3, 0.4) is 0 Å². The first-order chi connectivity index (χ1) is 14.8. The Morgan fingerprint density at radius 3 is 2.42 bits per heavy atom. The van der Waals surface area contributed by atoms with Crippen molar-refractivity contribution in [2.45, 2.75) is 52.6 Å². The van der Waals surface area contributed by atoms with Gasteiger partial charge in [-0.15, -0.1) is 0 Å². The van der Waals surface area contributed by atoms with E-state index in [-0.39, 0.29) is 30.9 Å². The second-order valence-electron chi connectivity index (χ2n) is 7.56. The number of amides is 2. The van der Waals surface area contributed by atoms with E-state index >= 15 is 0 Å². The molecule has 2 rings (SSSR count). The Hall–Kier alpha value is -2.24. The zero-order valence-corrected chi connectivity index (χ0v) is 20.0. The van der Waals surface area contributed by atoms with Crippen LogP contribution in [-0.4, -0.2) is 35.9 Å². The van der Waals surface area contributed by atoms with E-state index in [2.05, 4.69) is 19.2 Å². The molecule has 0 aromatic heterocycles. The number of rotatable bonds is 10. The molecule has 7 heteroatoms. The van der Waals surface area contributed by atoms with Crippen LogP contribution in [0.1, 0.15) is 51.2 Å². The molecule has 0 aliphatic rings. The third kappa shape index (κ3) is 6.88. The number of halogens is 2. The van der Waals surface area contributed by atoms with Crippen molar-refractivity contribution in [1.29, 1.82) is 0 Å². The van der Waals surface area contributed by atoms with E-state index in [1.54, 1.807) is 18.2 Å². The maximum atomic E-state index is 13.2. The maximum absolute atomic E-state index is 13.2. The smallest absolute Gasteiger partial charge is 0.261 e. The highest BCUT2D eigenvalue weighted by atomic mass is 35.5.